The van der Waals surface area contributed by atoms with Crippen LogP contribution in [0.1, 0.15) is 18.3 Å². The molecule has 9 nitrogen and oxygen atoms in total. The van der Waals surface area contributed by atoms with Crippen LogP contribution in [0, 0.1) is 12.7 Å². The van der Waals surface area contributed by atoms with Gasteiger partial charge >= 0.3 is 0 Å². The summed E-state index contributed by atoms with van der Waals surface area (Å²) in [5.74, 6) is 0.488. The number of halogens is 1. The monoisotopic (exact) mass is 441 g/mol. The van der Waals surface area contributed by atoms with Gasteiger partial charge in [0.05, 0.1) is 28.3 Å². The molecule has 33 heavy (non-hydrogen) atoms. The predicted molar refractivity (Wildman–Crippen MR) is 125 cm³/mol. The number of aromatic amines is 2. The molecule has 164 valence electrons. The Hall–Kier alpha value is -4.60. The molecular weight excluding hydrogens is 421 g/mol. The number of nitrogens with zero attached hydrogens (tertiary/aromatic N) is 6. The first kappa shape index (κ1) is 20.3. The van der Waals surface area contributed by atoms with Crippen molar-refractivity contribution in [1.29, 1.82) is 0 Å². The first-order valence-electron chi connectivity index (χ1n) is 10.1. The maximum atomic E-state index is 15.7. The van der Waals surface area contributed by atoms with Crippen molar-refractivity contribution in [2.24, 2.45) is 5.73 Å². The average Bonchev–Trinajstić information content (AvgIpc) is 3.55. The molecule has 0 aromatic carbocycles. The van der Waals surface area contributed by atoms with Gasteiger partial charge in [-0.3, -0.25) is 14.6 Å². The summed E-state index contributed by atoms with van der Waals surface area (Å²) in [7, 11) is 0. The molecule has 5 heterocycles. The second-order valence-corrected chi connectivity index (χ2v) is 7.41. The molecule has 10 heteroatoms. The van der Waals surface area contributed by atoms with E-state index in [0.717, 1.165) is 11.2 Å². The summed E-state index contributed by atoms with van der Waals surface area (Å²) >= 11 is 0. The molecule has 0 aliphatic heterocycles. The molecule has 0 aliphatic carbocycles. The van der Waals surface area contributed by atoms with Gasteiger partial charge in [0.1, 0.15) is 23.2 Å². The van der Waals surface area contributed by atoms with Crippen molar-refractivity contribution in [1.82, 2.24) is 39.7 Å². The second kappa shape index (κ2) is 7.83. The van der Waals surface area contributed by atoms with Gasteiger partial charge in [-0.05, 0) is 32.1 Å². The molecule has 0 saturated carbocycles. The zero-order valence-electron chi connectivity index (χ0n) is 18.0. The van der Waals surface area contributed by atoms with E-state index >= 15 is 4.39 Å². The number of allylic oxidation sites excluding steroid dienone is 4. The summed E-state index contributed by atoms with van der Waals surface area (Å²) in [4.78, 5) is 20.9. The highest BCUT2D eigenvalue weighted by Gasteiger charge is 2.21. The average molecular weight is 441 g/mol. The number of aryl methyl sites for hydroxylation is 1. The van der Waals surface area contributed by atoms with Gasteiger partial charge in [0.2, 0.25) is 0 Å². The summed E-state index contributed by atoms with van der Waals surface area (Å²) in [6, 6.07) is 1.80. The molecule has 0 aliphatic rings. The third-order valence-electron chi connectivity index (χ3n) is 5.25. The van der Waals surface area contributed by atoms with Crippen molar-refractivity contribution < 1.29 is 4.39 Å². The standard InChI is InChI=1S/C23H20FN9/c1-4-13(8-14(25)5-2)19-18(24)17-16(9-27-19)31-32-21(17)22-29-15-6-7-26-23(20(15)30-22)33-10-12(3)28-11-33/h4-11H,2,25H2,1,3H3,(H,29,30)(H,31,32)/b13-4+,14-8+. The predicted octanol–water partition coefficient (Wildman–Crippen LogP) is 3.96. The number of H-pyrrole nitrogens is 2. The fraction of sp³-hybridized carbons (Fsp3) is 0.0870. The van der Waals surface area contributed by atoms with Crippen molar-refractivity contribution in [2.45, 2.75) is 13.8 Å². The van der Waals surface area contributed by atoms with E-state index in [2.05, 4.69) is 36.7 Å². The number of nitrogens with one attached hydrogen (secondary N) is 2. The number of imidazole rings is 2. The van der Waals surface area contributed by atoms with Crippen molar-refractivity contribution in [3.63, 3.8) is 0 Å². The third kappa shape index (κ3) is 3.37. The van der Waals surface area contributed by atoms with Crippen LogP contribution in [-0.4, -0.2) is 39.7 Å². The molecule has 4 N–H and O–H groups in total. The molecule has 0 unspecified atom stereocenters. The lowest BCUT2D eigenvalue weighted by atomic mass is 10.1. The molecule has 0 spiro atoms. The van der Waals surface area contributed by atoms with E-state index in [4.69, 9.17) is 10.7 Å². The molecule has 0 fully saturated rings. The van der Waals surface area contributed by atoms with E-state index < -0.39 is 5.82 Å². The highest BCUT2D eigenvalue weighted by molar-refractivity contribution is 5.96. The Kier molecular flexibility index (Phi) is 4.82. The molecule has 0 atom stereocenters. The highest BCUT2D eigenvalue weighted by Crippen LogP contribution is 2.32. The Balaban J connectivity index is 1.69. The van der Waals surface area contributed by atoms with Crippen molar-refractivity contribution >= 4 is 27.5 Å². The molecule has 5 aromatic rings. The summed E-state index contributed by atoms with van der Waals surface area (Å²) in [5, 5.41) is 7.43. The number of hydrogen-bond donors (Lipinski definition) is 3. The molecular formula is C23H20FN9. The maximum absolute atomic E-state index is 15.7. The van der Waals surface area contributed by atoms with Crippen molar-refractivity contribution in [3.05, 3.63) is 78.7 Å². The van der Waals surface area contributed by atoms with Gasteiger partial charge in [-0.15, -0.1) is 0 Å². The summed E-state index contributed by atoms with van der Waals surface area (Å²) < 4.78 is 17.5. The minimum Gasteiger partial charge on any atom is -0.399 e. The molecule has 0 bridgehead atoms. The summed E-state index contributed by atoms with van der Waals surface area (Å²) in [5.41, 5.74) is 9.96. The molecule has 5 aromatic heterocycles. The Morgan fingerprint density at radius 2 is 2.09 bits per heavy atom. The number of rotatable bonds is 5. The molecule has 0 radical (unpaired) electrons. The van der Waals surface area contributed by atoms with Crippen LogP contribution < -0.4 is 5.73 Å². The lowest BCUT2D eigenvalue weighted by molar-refractivity contribution is 0.630. The summed E-state index contributed by atoms with van der Waals surface area (Å²) in [6.07, 6.45) is 11.6. The Morgan fingerprint density at radius 1 is 1.24 bits per heavy atom. The fourth-order valence-corrected chi connectivity index (χ4v) is 3.63. The first-order valence-corrected chi connectivity index (χ1v) is 10.1. The van der Waals surface area contributed by atoms with E-state index in [1.807, 2.05) is 13.1 Å². The van der Waals surface area contributed by atoms with E-state index in [9.17, 15) is 0 Å². The zero-order valence-corrected chi connectivity index (χ0v) is 18.0. The number of fused-ring (bicyclic) bond motifs is 2. The largest absolute Gasteiger partial charge is 0.399 e. The lowest BCUT2D eigenvalue weighted by Crippen LogP contribution is -1.98. The zero-order chi connectivity index (χ0) is 23.1. The normalized spacial score (nSPS) is 12.7. The van der Waals surface area contributed by atoms with Gasteiger partial charge in [-0.1, -0.05) is 12.7 Å². The maximum Gasteiger partial charge on any atom is 0.166 e. The van der Waals surface area contributed by atoms with Gasteiger partial charge in [0, 0.05) is 23.7 Å². The number of aromatic nitrogens is 8. The van der Waals surface area contributed by atoms with Crippen LogP contribution in [0.15, 0.2) is 61.5 Å². The Bertz CT molecular complexity index is 1580. The van der Waals surface area contributed by atoms with Crippen molar-refractivity contribution in [3.8, 4) is 17.3 Å². The SMILES string of the molecule is C=C/C(N)=C\C(=C/C)c1ncc2[nH]nc(-c3nc4c(-n5cnc(C)c5)nccc4[nH]3)c2c1F. The van der Waals surface area contributed by atoms with E-state index in [1.165, 1.54) is 12.3 Å². The van der Waals surface area contributed by atoms with Gasteiger partial charge in [0.15, 0.2) is 17.5 Å². The Labute approximate surface area is 187 Å². The minimum atomic E-state index is -0.526. The summed E-state index contributed by atoms with van der Waals surface area (Å²) in [6.45, 7) is 7.32. The number of nitrogens with two attached hydrogens (primary N) is 1. The van der Waals surface area contributed by atoms with Crippen LogP contribution >= 0.6 is 0 Å². The number of pyridine rings is 2. The van der Waals surface area contributed by atoms with E-state index in [1.54, 1.807) is 42.2 Å². The minimum absolute atomic E-state index is 0.157. The van der Waals surface area contributed by atoms with E-state index in [0.29, 0.717) is 39.6 Å². The van der Waals surface area contributed by atoms with Crippen LogP contribution in [0.3, 0.4) is 0 Å². The van der Waals surface area contributed by atoms with Gasteiger partial charge in [-0.2, -0.15) is 5.10 Å². The fourth-order valence-electron chi connectivity index (χ4n) is 3.63. The van der Waals surface area contributed by atoms with Crippen LogP contribution in [0.2, 0.25) is 0 Å². The van der Waals surface area contributed by atoms with Crippen LogP contribution in [-0.2, 0) is 0 Å². The highest BCUT2D eigenvalue weighted by atomic mass is 19.1. The van der Waals surface area contributed by atoms with Crippen molar-refractivity contribution in [2.75, 3.05) is 0 Å². The Morgan fingerprint density at radius 3 is 2.82 bits per heavy atom. The topological polar surface area (TPSA) is 127 Å². The smallest absolute Gasteiger partial charge is 0.166 e. The third-order valence-corrected chi connectivity index (χ3v) is 5.25. The van der Waals surface area contributed by atoms with Gasteiger partial charge in [0.25, 0.3) is 0 Å². The van der Waals surface area contributed by atoms with Crippen LogP contribution in [0.25, 0.3) is 44.8 Å². The lowest BCUT2D eigenvalue weighted by Gasteiger charge is -2.05. The quantitative estimate of drug-likeness (QED) is 0.354. The van der Waals surface area contributed by atoms with E-state index in [-0.39, 0.29) is 11.1 Å². The molecule has 0 saturated heterocycles. The molecule has 0 amide bonds. The van der Waals surface area contributed by atoms with Gasteiger partial charge in [-0.25, -0.2) is 19.3 Å². The second-order valence-electron chi connectivity index (χ2n) is 7.41. The number of hydrogen-bond acceptors (Lipinski definition) is 6. The first-order chi connectivity index (χ1) is 16.0. The van der Waals surface area contributed by atoms with Gasteiger partial charge < -0.3 is 10.7 Å². The van der Waals surface area contributed by atoms with Crippen LogP contribution in [0.4, 0.5) is 4.39 Å². The van der Waals surface area contributed by atoms with Crippen LogP contribution in [0.5, 0.6) is 0 Å². The molecule has 5 rings (SSSR count).